The number of hydrogen-bond donors (Lipinski definition) is 1. The first-order valence-electron chi connectivity index (χ1n) is 15.9. The Hall–Kier alpha value is -0.790. The maximum Gasteiger partial charge on any atom is 0.306 e. The van der Waals surface area contributed by atoms with Gasteiger partial charge in [0.2, 0.25) is 0 Å². The quantitative estimate of drug-likeness (QED) is 0.137. The molecule has 1 unspecified atom stereocenters. The van der Waals surface area contributed by atoms with Crippen LogP contribution < -0.4 is 5.73 Å². The van der Waals surface area contributed by atoms with E-state index in [2.05, 4.69) is 67.2 Å². The molecular weight excluding hydrogens is 520 g/mol. The summed E-state index contributed by atoms with van der Waals surface area (Å²) in [5, 5.41) is 0. The van der Waals surface area contributed by atoms with Crippen LogP contribution in [0.5, 0.6) is 0 Å². The fourth-order valence-electron chi connectivity index (χ4n) is 5.44. The zero-order valence-electron chi connectivity index (χ0n) is 27.9. The SMILES string of the molecule is CC(C)(C)CC(C)(C)CCCCCC(=O)OCC(CN1CCSCC1)OC(=O)CCCCN.CCCC(C)(C)C. The first kappa shape index (κ1) is 39.2. The van der Waals surface area contributed by atoms with Gasteiger partial charge in [-0.2, -0.15) is 11.8 Å². The summed E-state index contributed by atoms with van der Waals surface area (Å²) >= 11 is 1.94. The van der Waals surface area contributed by atoms with Crippen molar-refractivity contribution in [1.82, 2.24) is 4.90 Å². The molecule has 1 fully saturated rings. The van der Waals surface area contributed by atoms with Gasteiger partial charge in [-0.05, 0) is 61.3 Å². The Kier molecular flexibility index (Phi) is 20.6. The Balaban J connectivity index is 0.00000191. The van der Waals surface area contributed by atoms with Crippen LogP contribution in [0.1, 0.15) is 133 Å². The van der Waals surface area contributed by atoms with Crippen LogP contribution in [0.15, 0.2) is 0 Å². The molecule has 0 bridgehead atoms. The molecule has 0 radical (unpaired) electrons. The molecule has 40 heavy (non-hydrogen) atoms. The van der Waals surface area contributed by atoms with Crippen LogP contribution >= 0.6 is 11.8 Å². The van der Waals surface area contributed by atoms with E-state index in [1.165, 1.54) is 25.7 Å². The number of thioether (sulfide) groups is 1. The van der Waals surface area contributed by atoms with Gasteiger partial charge < -0.3 is 15.2 Å². The van der Waals surface area contributed by atoms with E-state index < -0.39 is 6.10 Å². The molecule has 0 aromatic heterocycles. The molecule has 238 valence electrons. The van der Waals surface area contributed by atoms with Crippen molar-refractivity contribution in [2.75, 3.05) is 44.3 Å². The maximum absolute atomic E-state index is 12.3. The summed E-state index contributed by atoms with van der Waals surface area (Å²) in [6.07, 6.45) is 9.97. The summed E-state index contributed by atoms with van der Waals surface area (Å²) in [6, 6.07) is 0. The zero-order chi connectivity index (χ0) is 30.7. The average molecular weight is 587 g/mol. The van der Waals surface area contributed by atoms with E-state index in [0.29, 0.717) is 42.2 Å². The van der Waals surface area contributed by atoms with E-state index in [0.717, 1.165) is 56.7 Å². The fraction of sp³-hybridized carbons (Fsp3) is 0.939. The molecule has 0 aromatic rings. The van der Waals surface area contributed by atoms with Crippen molar-refractivity contribution >= 4 is 23.7 Å². The predicted molar refractivity (Wildman–Crippen MR) is 173 cm³/mol. The van der Waals surface area contributed by atoms with Crippen LogP contribution in [0.25, 0.3) is 0 Å². The molecule has 7 heteroatoms. The lowest BCUT2D eigenvalue weighted by atomic mass is 9.73. The first-order chi connectivity index (χ1) is 18.6. The Bertz CT molecular complexity index is 664. The third-order valence-corrected chi connectivity index (χ3v) is 7.81. The molecule has 0 aliphatic carbocycles. The Morgan fingerprint density at radius 1 is 0.825 bits per heavy atom. The van der Waals surface area contributed by atoms with E-state index in [1.54, 1.807) is 0 Å². The highest BCUT2D eigenvalue weighted by atomic mass is 32.2. The van der Waals surface area contributed by atoms with Crippen molar-refractivity contribution in [3.63, 3.8) is 0 Å². The highest BCUT2D eigenvalue weighted by molar-refractivity contribution is 7.99. The van der Waals surface area contributed by atoms with Gasteiger partial charge >= 0.3 is 11.9 Å². The number of esters is 2. The Morgan fingerprint density at radius 3 is 1.95 bits per heavy atom. The zero-order valence-corrected chi connectivity index (χ0v) is 28.7. The van der Waals surface area contributed by atoms with Crippen LogP contribution in [-0.2, 0) is 19.1 Å². The summed E-state index contributed by atoms with van der Waals surface area (Å²) < 4.78 is 11.2. The molecule has 0 amide bonds. The molecule has 1 aliphatic heterocycles. The second-order valence-corrected chi connectivity index (χ2v) is 16.0. The molecule has 6 nitrogen and oxygen atoms in total. The molecule has 0 saturated carbocycles. The van der Waals surface area contributed by atoms with Crippen molar-refractivity contribution in [3.05, 3.63) is 0 Å². The highest BCUT2D eigenvalue weighted by Gasteiger charge is 2.25. The molecule has 2 N–H and O–H groups in total. The van der Waals surface area contributed by atoms with Gasteiger partial charge in [0, 0.05) is 44.0 Å². The Morgan fingerprint density at radius 2 is 1.43 bits per heavy atom. The van der Waals surface area contributed by atoms with Crippen LogP contribution in [0.2, 0.25) is 0 Å². The minimum Gasteiger partial charge on any atom is -0.462 e. The van der Waals surface area contributed by atoms with Gasteiger partial charge in [0.05, 0.1) is 0 Å². The first-order valence-corrected chi connectivity index (χ1v) is 17.1. The van der Waals surface area contributed by atoms with E-state index in [1.807, 2.05) is 11.8 Å². The second kappa shape index (κ2) is 21.0. The summed E-state index contributed by atoms with van der Waals surface area (Å²) in [7, 11) is 0. The summed E-state index contributed by atoms with van der Waals surface area (Å²) in [4.78, 5) is 26.8. The van der Waals surface area contributed by atoms with Gasteiger partial charge in [0.15, 0.2) is 0 Å². The van der Waals surface area contributed by atoms with Crippen molar-refractivity contribution in [2.24, 2.45) is 22.0 Å². The molecule has 1 saturated heterocycles. The van der Waals surface area contributed by atoms with Gasteiger partial charge in [-0.15, -0.1) is 0 Å². The number of carbonyl (C=O) groups is 2. The highest BCUT2D eigenvalue weighted by Crippen LogP contribution is 2.37. The van der Waals surface area contributed by atoms with Gasteiger partial charge in [-0.3, -0.25) is 14.5 Å². The average Bonchev–Trinajstić information content (AvgIpc) is 2.81. The lowest BCUT2D eigenvalue weighted by Crippen LogP contribution is -2.42. The molecular formula is C33H66N2O4S. The number of unbranched alkanes of at least 4 members (excludes halogenated alkanes) is 3. The third kappa shape index (κ3) is 25.0. The van der Waals surface area contributed by atoms with Crippen molar-refractivity contribution < 1.29 is 19.1 Å². The van der Waals surface area contributed by atoms with Crippen LogP contribution in [0, 0.1) is 16.2 Å². The van der Waals surface area contributed by atoms with Gasteiger partial charge in [-0.1, -0.05) is 81.6 Å². The van der Waals surface area contributed by atoms with E-state index >= 15 is 0 Å². The summed E-state index contributed by atoms with van der Waals surface area (Å²) in [5.74, 6) is 1.75. The number of ether oxygens (including phenoxy) is 2. The number of hydrogen-bond acceptors (Lipinski definition) is 7. The topological polar surface area (TPSA) is 81.9 Å². The lowest BCUT2D eigenvalue weighted by molar-refractivity contribution is -0.160. The van der Waals surface area contributed by atoms with Crippen molar-refractivity contribution in [1.29, 1.82) is 0 Å². The predicted octanol–water partition coefficient (Wildman–Crippen LogP) is 7.86. The molecule has 1 aliphatic rings. The van der Waals surface area contributed by atoms with E-state index in [-0.39, 0.29) is 18.5 Å². The van der Waals surface area contributed by atoms with Gasteiger partial charge in [0.25, 0.3) is 0 Å². The molecule has 1 atom stereocenters. The molecule has 1 heterocycles. The van der Waals surface area contributed by atoms with Crippen molar-refractivity contribution in [3.8, 4) is 0 Å². The van der Waals surface area contributed by atoms with E-state index in [4.69, 9.17) is 15.2 Å². The van der Waals surface area contributed by atoms with Gasteiger partial charge in [-0.25, -0.2) is 0 Å². The standard InChI is InChI=1S/C26H50N2O4S.C7H16/c1-25(2,3)21-26(4,5)13-9-6-7-11-23(29)31-20-22(19-28-15-17-33-18-16-28)32-24(30)12-8-10-14-27;1-5-6-7(2,3)4/h22H,6-21,27H2,1-5H3;5-6H2,1-4H3. The number of nitrogens with zero attached hydrogens (tertiary/aromatic N) is 1. The normalized spacial score (nSPS) is 15.7. The van der Waals surface area contributed by atoms with E-state index in [9.17, 15) is 9.59 Å². The van der Waals surface area contributed by atoms with Crippen LogP contribution in [-0.4, -0.2) is 67.2 Å². The maximum atomic E-state index is 12.3. The monoisotopic (exact) mass is 586 g/mol. The number of nitrogens with two attached hydrogens (primary N) is 1. The minimum absolute atomic E-state index is 0.143. The molecule has 0 aromatic carbocycles. The van der Waals surface area contributed by atoms with Crippen LogP contribution in [0.3, 0.4) is 0 Å². The number of rotatable bonds is 17. The fourth-order valence-corrected chi connectivity index (χ4v) is 6.41. The molecule has 0 spiro atoms. The Labute approximate surface area is 252 Å². The summed E-state index contributed by atoms with van der Waals surface area (Å²) in [6.45, 7) is 23.9. The van der Waals surface area contributed by atoms with Crippen LogP contribution in [0.4, 0.5) is 0 Å². The second-order valence-electron chi connectivity index (χ2n) is 14.7. The third-order valence-electron chi connectivity index (χ3n) is 6.87. The van der Waals surface area contributed by atoms with Crippen molar-refractivity contribution in [2.45, 2.75) is 139 Å². The summed E-state index contributed by atoms with van der Waals surface area (Å²) in [5.41, 5.74) is 6.72. The minimum atomic E-state index is -0.402. The van der Waals surface area contributed by atoms with Gasteiger partial charge in [0.1, 0.15) is 12.7 Å². The lowest BCUT2D eigenvalue weighted by Gasteiger charge is -2.32. The smallest absolute Gasteiger partial charge is 0.306 e. The largest absolute Gasteiger partial charge is 0.462 e. The number of carbonyl (C=O) groups excluding carboxylic acids is 2. The molecule has 1 rings (SSSR count).